The van der Waals surface area contributed by atoms with Crippen molar-refractivity contribution < 1.29 is 4.79 Å². The van der Waals surface area contributed by atoms with Crippen LogP contribution >= 0.6 is 0 Å². The van der Waals surface area contributed by atoms with E-state index in [4.69, 9.17) is 0 Å². The summed E-state index contributed by atoms with van der Waals surface area (Å²) >= 11 is 0. The van der Waals surface area contributed by atoms with Crippen LogP contribution in [-0.2, 0) is 4.79 Å². The molecule has 1 saturated heterocycles. The number of hydrogen-bond acceptors (Lipinski definition) is 4. The normalized spacial score (nSPS) is 16.2. The van der Waals surface area contributed by atoms with Gasteiger partial charge < -0.3 is 9.80 Å². The van der Waals surface area contributed by atoms with E-state index in [1.807, 2.05) is 37.0 Å². The molecule has 0 saturated carbocycles. The molecule has 0 bridgehead atoms. The largest absolute Gasteiger partial charge is 0.339 e. The highest BCUT2D eigenvalue weighted by molar-refractivity contribution is 5.73. The Morgan fingerprint density at radius 1 is 1.26 bits per heavy atom. The highest BCUT2D eigenvalue weighted by atomic mass is 16.2. The molecule has 102 valence electrons. The second-order valence-corrected chi connectivity index (χ2v) is 4.73. The fourth-order valence-corrected chi connectivity index (χ4v) is 2.20. The number of anilines is 1. The monoisotopic (exact) mass is 260 g/mol. The zero-order chi connectivity index (χ0) is 13.8. The number of aryl methyl sites for hydroxylation is 1. The van der Waals surface area contributed by atoms with Crippen molar-refractivity contribution in [3.63, 3.8) is 0 Å². The smallest absolute Gasteiger partial charge is 0.226 e. The Bertz CT molecular complexity index is 490. The molecular formula is C14H20N4O. The third-order valence-electron chi connectivity index (χ3n) is 3.21. The minimum absolute atomic E-state index is 0.138. The third kappa shape index (κ3) is 3.30. The average molecular weight is 260 g/mol. The lowest BCUT2D eigenvalue weighted by atomic mass is 10.3. The number of rotatable bonds is 2. The number of piperazine rings is 1. The molecule has 1 aliphatic rings. The van der Waals surface area contributed by atoms with Crippen LogP contribution in [0.25, 0.3) is 6.08 Å². The predicted octanol–water partition coefficient (Wildman–Crippen LogP) is 1.49. The SMILES string of the molecule is C/C=C/c1cc(C)nc(N2CCN(C(C)=O)CC2)n1. The van der Waals surface area contributed by atoms with E-state index in [1.54, 1.807) is 6.92 Å². The van der Waals surface area contributed by atoms with Crippen molar-refractivity contribution in [3.8, 4) is 0 Å². The Hall–Kier alpha value is -1.91. The topological polar surface area (TPSA) is 49.3 Å². The summed E-state index contributed by atoms with van der Waals surface area (Å²) < 4.78 is 0. The van der Waals surface area contributed by atoms with E-state index in [9.17, 15) is 4.79 Å². The van der Waals surface area contributed by atoms with E-state index < -0.39 is 0 Å². The van der Waals surface area contributed by atoms with Gasteiger partial charge in [-0.2, -0.15) is 0 Å². The highest BCUT2D eigenvalue weighted by Gasteiger charge is 2.20. The first-order valence-electron chi connectivity index (χ1n) is 6.59. The molecule has 0 atom stereocenters. The maximum absolute atomic E-state index is 11.3. The van der Waals surface area contributed by atoms with Gasteiger partial charge in [0.25, 0.3) is 0 Å². The predicted molar refractivity (Wildman–Crippen MR) is 75.9 cm³/mol. The summed E-state index contributed by atoms with van der Waals surface area (Å²) in [6.07, 6.45) is 3.95. The standard InChI is InChI=1S/C14H20N4O/c1-4-5-13-10-11(2)15-14(16-13)18-8-6-17(7-9-18)12(3)19/h4-5,10H,6-9H2,1-3H3/b5-4+. The van der Waals surface area contributed by atoms with E-state index >= 15 is 0 Å². The van der Waals surface area contributed by atoms with Crippen LogP contribution in [0.5, 0.6) is 0 Å². The van der Waals surface area contributed by atoms with E-state index in [2.05, 4.69) is 14.9 Å². The van der Waals surface area contributed by atoms with Crippen molar-refractivity contribution in [3.05, 3.63) is 23.5 Å². The molecule has 1 amide bonds. The molecule has 1 fully saturated rings. The van der Waals surface area contributed by atoms with E-state index in [0.29, 0.717) is 0 Å². The highest BCUT2D eigenvalue weighted by Crippen LogP contribution is 2.14. The van der Waals surface area contributed by atoms with Crippen LogP contribution in [0, 0.1) is 6.92 Å². The number of aromatic nitrogens is 2. The van der Waals surface area contributed by atoms with Crippen LogP contribution < -0.4 is 4.90 Å². The van der Waals surface area contributed by atoms with Crippen molar-refractivity contribution in [2.24, 2.45) is 0 Å². The van der Waals surface area contributed by atoms with Crippen LogP contribution in [0.4, 0.5) is 5.95 Å². The first-order valence-corrected chi connectivity index (χ1v) is 6.59. The van der Waals surface area contributed by atoms with Crippen LogP contribution in [0.1, 0.15) is 25.2 Å². The molecule has 5 heteroatoms. The van der Waals surface area contributed by atoms with Gasteiger partial charge in [-0.25, -0.2) is 9.97 Å². The van der Waals surface area contributed by atoms with Gasteiger partial charge in [0.1, 0.15) is 0 Å². The third-order valence-corrected chi connectivity index (χ3v) is 3.21. The van der Waals surface area contributed by atoms with Crippen LogP contribution in [0.15, 0.2) is 12.1 Å². The lowest BCUT2D eigenvalue weighted by Gasteiger charge is -2.34. The van der Waals surface area contributed by atoms with E-state index in [0.717, 1.165) is 43.5 Å². The van der Waals surface area contributed by atoms with E-state index in [-0.39, 0.29) is 5.91 Å². The Kier molecular flexibility index (Phi) is 4.14. The van der Waals surface area contributed by atoms with Gasteiger partial charge in [-0.1, -0.05) is 6.08 Å². The molecule has 0 aliphatic carbocycles. The Labute approximate surface area is 114 Å². The molecule has 0 aromatic carbocycles. The first-order chi connectivity index (χ1) is 9.10. The van der Waals surface area contributed by atoms with Gasteiger partial charge in [-0.3, -0.25) is 4.79 Å². The Balaban J connectivity index is 2.13. The van der Waals surface area contributed by atoms with Crippen molar-refractivity contribution in [1.29, 1.82) is 0 Å². The molecule has 0 unspecified atom stereocenters. The van der Waals surface area contributed by atoms with Gasteiger partial charge in [0, 0.05) is 38.8 Å². The lowest BCUT2D eigenvalue weighted by molar-refractivity contribution is -0.129. The van der Waals surface area contributed by atoms with Crippen molar-refractivity contribution in [1.82, 2.24) is 14.9 Å². The van der Waals surface area contributed by atoms with Gasteiger partial charge in [0.05, 0.1) is 5.69 Å². The maximum Gasteiger partial charge on any atom is 0.226 e. The summed E-state index contributed by atoms with van der Waals surface area (Å²) in [5, 5.41) is 0. The van der Waals surface area contributed by atoms with Crippen LogP contribution in [-0.4, -0.2) is 47.0 Å². The molecule has 19 heavy (non-hydrogen) atoms. The first kappa shape index (κ1) is 13.5. The van der Waals surface area contributed by atoms with Crippen LogP contribution in [0.2, 0.25) is 0 Å². The van der Waals surface area contributed by atoms with Gasteiger partial charge in [-0.15, -0.1) is 0 Å². The van der Waals surface area contributed by atoms with Crippen LogP contribution in [0.3, 0.4) is 0 Å². The fourth-order valence-electron chi connectivity index (χ4n) is 2.20. The number of hydrogen-bond donors (Lipinski definition) is 0. The molecule has 0 N–H and O–H groups in total. The summed E-state index contributed by atoms with van der Waals surface area (Å²) in [5.41, 5.74) is 1.89. The van der Waals surface area contributed by atoms with Gasteiger partial charge in [0.2, 0.25) is 11.9 Å². The van der Waals surface area contributed by atoms with Gasteiger partial charge >= 0.3 is 0 Å². The lowest BCUT2D eigenvalue weighted by Crippen LogP contribution is -2.48. The molecule has 1 aromatic heterocycles. The number of amides is 1. The second-order valence-electron chi connectivity index (χ2n) is 4.73. The minimum Gasteiger partial charge on any atom is -0.339 e. The summed E-state index contributed by atoms with van der Waals surface area (Å²) in [4.78, 5) is 24.3. The zero-order valence-electron chi connectivity index (χ0n) is 11.8. The fraction of sp³-hybridized carbons (Fsp3) is 0.500. The molecule has 2 heterocycles. The average Bonchev–Trinajstić information content (AvgIpc) is 2.38. The van der Waals surface area contributed by atoms with Crippen molar-refractivity contribution in [2.45, 2.75) is 20.8 Å². The molecule has 1 aliphatic heterocycles. The molecule has 0 spiro atoms. The maximum atomic E-state index is 11.3. The van der Waals surface area contributed by atoms with Crippen molar-refractivity contribution >= 4 is 17.9 Å². The van der Waals surface area contributed by atoms with Gasteiger partial charge in [-0.05, 0) is 26.0 Å². The number of carbonyl (C=O) groups excluding carboxylic acids is 1. The molecule has 1 aromatic rings. The molecule has 2 rings (SSSR count). The quantitative estimate of drug-likeness (QED) is 0.808. The number of carbonyl (C=O) groups is 1. The number of allylic oxidation sites excluding steroid dienone is 1. The Morgan fingerprint density at radius 3 is 2.53 bits per heavy atom. The van der Waals surface area contributed by atoms with Gasteiger partial charge in [0.15, 0.2) is 0 Å². The van der Waals surface area contributed by atoms with E-state index in [1.165, 1.54) is 0 Å². The summed E-state index contributed by atoms with van der Waals surface area (Å²) in [5.74, 6) is 0.899. The molecule has 0 radical (unpaired) electrons. The summed E-state index contributed by atoms with van der Waals surface area (Å²) in [6, 6.07) is 1.97. The van der Waals surface area contributed by atoms with Crippen molar-refractivity contribution in [2.75, 3.05) is 31.1 Å². The summed E-state index contributed by atoms with van der Waals surface area (Å²) in [7, 11) is 0. The number of nitrogens with zero attached hydrogens (tertiary/aromatic N) is 4. The second kappa shape index (κ2) is 5.82. The Morgan fingerprint density at radius 2 is 1.95 bits per heavy atom. The molecule has 5 nitrogen and oxygen atoms in total. The minimum atomic E-state index is 0.138. The molecular weight excluding hydrogens is 240 g/mol. The zero-order valence-corrected chi connectivity index (χ0v) is 11.8. The summed E-state index contributed by atoms with van der Waals surface area (Å²) in [6.45, 7) is 8.63.